The third kappa shape index (κ3) is 5.78. The van der Waals surface area contributed by atoms with Gasteiger partial charge in [0, 0.05) is 28.9 Å². The van der Waals surface area contributed by atoms with Crippen LogP contribution in [0.1, 0.15) is 26.4 Å². The van der Waals surface area contributed by atoms with Crippen LogP contribution in [0.15, 0.2) is 89.5 Å². The second kappa shape index (κ2) is 10.8. The molecule has 0 saturated carbocycles. The van der Waals surface area contributed by atoms with Crippen molar-refractivity contribution in [3.63, 3.8) is 0 Å². The molecule has 0 bridgehead atoms. The molecule has 0 aliphatic rings. The van der Waals surface area contributed by atoms with Gasteiger partial charge < -0.3 is 5.32 Å². The van der Waals surface area contributed by atoms with Crippen molar-refractivity contribution in [2.24, 2.45) is 0 Å². The summed E-state index contributed by atoms with van der Waals surface area (Å²) in [6.45, 7) is 1.18. The average molecular weight is 503 g/mol. The number of carbonyl (C=O) groups is 1. The van der Waals surface area contributed by atoms with Gasteiger partial charge in [-0.3, -0.25) is 9.36 Å². The monoisotopic (exact) mass is 502 g/mol. The van der Waals surface area contributed by atoms with Crippen LogP contribution in [0, 0.1) is 5.82 Å². The maximum atomic E-state index is 13.6. The number of halogens is 1. The van der Waals surface area contributed by atoms with Crippen molar-refractivity contribution in [3.8, 4) is 0 Å². The second-order valence-electron chi connectivity index (χ2n) is 8.03. The van der Waals surface area contributed by atoms with Crippen LogP contribution in [0.3, 0.4) is 0 Å². The zero-order chi connectivity index (χ0) is 24.0. The highest BCUT2D eigenvalue weighted by molar-refractivity contribution is 7.98. The van der Waals surface area contributed by atoms with Crippen molar-refractivity contribution < 1.29 is 9.18 Å². The van der Waals surface area contributed by atoms with Gasteiger partial charge >= 0.3 is 0 Å². The highest BCUT2D eigenvalue weighted by atomic mass is 32.2. The molecule has 0 saturated heterocycles. The molecule has 5 aromatic rings. The molecule has 5 nitrogen and oxygen atoms in total. The summed E-state index contributed by atoms with van der Waals surface area (Å²) in [7, 11) is 0. The highest BCUT2D eigenvalue weighted by Crippen LogP contribution is 2.27. The first-order valence-corrected chi connectivity index (χ1v) is 13.1. The number of hydrogen-bond acceptors (Lipinski definition) is 5. The molecule has 0 aliphatic carbocycles. The van der Waals surface area contributed by atoms with Crippen LogP contribution in [0.5, 0.6) is 0 Å². The van der Waals surface area contributed by atoms with E-state index in [1.807, 2.05) is 53.9 Å². The molecule has 35 heavy (non-hydrogen) atoms. The van der Waals surface area contributed by atoms with E-state index in [9.17, 15) is 9.18 Å². The first-order chi connectivity index (χ1) is 17.2. The molecule has 5 rings (SSSR count). The first-order valence-electron chi connectivity index (χ1n) is 11.2. The molecular weight excluding hydrogens is 479 g/mol. The molecule has 3 aromatic heterocycles. The van der Waals surface area contributed by atoms with E-state index in [0.717, 1.165) is 33.9 Å². The fourth-order valence-electron chi connectivity index (χ4n) is 3.77. The number of hydrogen-bond donors (Lipinski definition) is 1. The number of thioether (sulfide) groups is 1. The lowest BCUT2D eigenvalue weighted by molar-refractivity contribution is 0.0954. The molecule has 176 valence electrons. The van der Waals surface area contributed by atoms with Crippen molar-refractivity contribution >= 4 is 40.2 Å². The van der Waals surface area contributed by atoms with Crippen LogP contribution < -0.4 is 5.32 Å². The maximum Gasteiger partial charge on any atom is 0.251 e. The van der Waals surface area contributed by atoms with E-state index >= 15 is 0 Å². The number of imidazole rings is 1. The number of rotatable bonds is 9. The molecule has 1 N–H and O–H groups in total. The van der Waals surface area contributed by atoms with Crippen molar-refractivity contribution in [1.29, 1.82) is 0 Å². The first kappa shape index (κ1) is 23.3. The number of amides is 1. The number of pyridine rings is 1. The van der Waals surface area contributed by atoms with E-state index in [-0.39, 0.29) is 11.7 Å². The summed E-state index contributed by atoms with van der Waals surface area (Å²) in [4.78, 5) is 23.1. The van der Waals surface area contributed by atoms with Gasteiger partial charge in [-0.05, 0) is 65.4 Å². The largest absolute Gasteiger partial charge is 0.352 e. The van der Waals surface area contributed by atoms with Gasteiger partial charge in [-0.15, -0.1) is 11.3 Å². The quantitative estimate of drug-likeness (QED) is 0.253. The lowest BCUT2D eigenvalue weighted by Crippen LogP contribution is -2.25. The Morgan fingerprint density at radius 1 is 1.03 bits per heavy atom. The van der Waals surface area contributed by atoms with Crippen LogP contribution in [-0.4, -0.2) is 27.0 Å². The average Bonchev–Trinajstić information content (AvgIpc) is 3.51. The topological polar surface area (TPSA) is 59.8 Å². The third-order valence-electron chi connectivity index (χ3n) is 5.52. The molecule has 0 fully saturated rings. The Morgan fingerprint density at radius 3 is 2.71 bits per heavy atom. The van der Waals surface area contributed by atoms with Crippen LogP contribution in [0.25, 0.3) is 11.2 Å². The van der Waals surface area contributed by atoms with Crippen LogP contribution >= 0.6 is 23.1 Å². The number of thiophene rings is 1. The summed E-state index contributed by atoms with van der Waals surface area (Å²) in [5.41, 5.74) is 4.18. The van der Waals surface area contributed by atoms with E-state index < -0.39 is 0 Å². The van der Waals surface area contributed by atoms with Crippen LogP contribution in [0.4, 0.5) is 4.39 Å². The predicted molar refractivity (Wildman–Crippen MR) is 139 cm³/mol. The molecule has 0 unspecified atom stereocenters. The highest BCUT2D eigenvalue weighted by Gasteiger charge is 2.14. The standard InChI is InChI=1S/C27H23FN4OS2/c28-22-5-1-4-20(16-22)18-35-27-31-24-7-2-13-29-25(24)32(27)17-19-8-10-21(11-9-19)26(33)30-14-12-23-6-3-15-34-23/h1-11,13,15-16H,12,14,17-18H2,(H,30,33). The minimum atomic E-state index is -0.242. The number of aromatic nitrogens is 3. The second-order valence-corrected chi connectivity index (χ2v) is 10.0. The molecule has 1 amide bonds. The van der Waals surface area contributed by atoms with Crippen LogP contribution in [0.2, 0.25) is 0 Å². The summed E-state index contributed by atoms with van der Waals surface area (Å²) >= 11 is 3.25. The molecule has 0 aliphatic heterocycles. The summed E-state index contributed by atoms with van der Waals surface area (Å²) < 4.78 is 15.6. The summed E-state index contributed by atoms with van der Waals surface area (Å²) in [5.74, 6) is 0.286. The zero-order valence-corrected chi connectivity index (χ0v) is 20.5. The van der Waals surface area contributed by atoms with E-state index in [4.69, 9.17) is 4.98 Å². The number of fused-ring (bicyclic) bond motifs is 1. The van der Waals surface area contributed by atoms with Crippen molar-refractivity contribution in [1.82, 2.24) is 19.9 Å². The van der Waals surface area contributed by atoms with Gasteiger partial charge in [0.05, 0.1) is 6.54 Å². The molecule has 8 heteroatoms. The van der Waals surface area contributed by atoms with E-state index in [1.165, 1.54) is 10.9 Å². The van der Waals surface area contributed by atoms with Gasteiger partial charge in [0.1, 0.15) is 11.3 Å². The van der Waals surface area contributed by atoms with Crippen molar-refractivity contribution in [2.45, 2.75) is 23.9 Å². The summed E-state index contributed by atoms with van der Waals surface area (Å²) in [5, 5.41) is 5.84. The molecule has 2 aromatic carbocycles. The van der Waals surface area contributed by atoms with Gasteiger partial charge in [0.15, 0.2) is 10.8 Å². The number of nitrogens with zero attached hydrogens (tertiary/aromatic N) is 3. The fourth-order valence-corrected chi connectivity index (χ4v) is 5.42. The molecule has 0 atom stereocenters. The molecular formula is C27H23FN4OS2. The number of carbonyl (C=O) groups excluding carboxylic acids is 1. The molecule has 3 heterocycles. The lowest BCUT2D eigenvalue weighted by atomic mass is 10.1. The minimum absolute atomic E-state index is 0.0748. The smallest absolute Gasteiger partial charge is 0.251 e. The van der Waals surface area contributed by atoms with Gasteiger partial charge in [-0.2, -0.15) is 0 Å². The van der Waals surface area contributed by atoms with Gasteiger partial charge in [0.2, 0.25) is 0 Å². The maximum absolute atomic E-state index is 13.6. The van der Waals surface area contributed by atoms with Gasteiger partial charge in [0.25, 0.3) is 5.91 Å². The third-order valence-corrected chi connectivity index (χ3v) is 7.50. The summed E-state index contributed by atoms with van der Waals surface area (Å²) in [6.07, 6.45) is 2.59. The van der Waals surface area contributed by atoms with E-state index in [1.54, 1.807) is 41.4 Å². The van der Waals surface area contributed by atoms with Gasteiger partial charge in [-0.25, -0.2) is 14.4 Å². The zero-order valence-electron chi connectivity index (χ0n) is 18.9. The Hall–Kier alpha value is -3.49. The van der Waals surface area contributed by atoms with E-state index in [2.05, 4.69) is 20.9 Å². The fraction of sp³-hybridized carbons (Fsp3) is 0.148. The summed E-state index contributed by atoms with van der Waals surface area (Å²) in [6, 6.07) is 22.1. The van der Waals surface area contributed by atoms with Crippen molar-refractivity contribution in [3.05, 3.63) is 112 Å². The van der Waals surface area contributed by atoms with Gasteiger partial charge in [-0.1, -0.05) is 42.1 Å². The SMILES string of the molecule is O=C(NCCc1cccs1)c1ccc(Cn2c(SCc3cccc(F)c3)nc3cccnc32)cc1. The normalized spacial score (nSPS) is 11.1. The predicted octanol–water partition coefficient (Wildman–Crippen LogP) is 5.95. The van der Waals surface area contributed by atoms with Crippen molar-refractivity contribution in [2.75, 3.05) is 6.54 Å². The Kier molecular flexibility index (Phi) is 7.20. The van der Waals surface area contributed by atoms with Crippen LogP contribution in [-0.2, 0) is 18.7 Å². The Morgan fingerprint density at radius 2 is 1.91 bits per heavy atom. The molecule has 0 radical (unpaired) electrons. The number of benzene rings is 2. The minimum Gasteiger partial charge on any atom is -0.352 e. The Balaban J connectivity index is 1.28. The Bertz CT molecular complexity index is 1430. The molecule has 0 spiro atoms. The lowest BCUT2D eigenvalue weighted by Gasteiger charge is -2.10. The Labute approximate surface area is 211 Å². The number of nitrogens with one attached hydrogen (secondary N) is 1. The van der Waals surface area contributed by atoms with E-state index in [0.29, 0.717) is 24.4 Å².